The summed E-state index contributed by atoms with van der Waals surface area (Å²) in [5.41, 5.74) is 6.49. The lowest BCUT2D eigenvalue weighted by Crippen LogP contribution is -2.54. The van der Waals surface area contributed by atoms with Gasteiger partial charge in [-0.15, -0.1) is 0 Å². The second-order valence-electron chi connectivity index (χ2n) is 5.84. The highest BCUT2D eigenvalue weighted by atomic mass is 16.3. The van der Waals surface area contributed by atoms with Crippen molar-refractivity contribution in [2.24, 2.45) is 5.73 Å². The molecule has 0 aliphatic carbocycles. The summed E-state index contributed by atoms with van der Waals surface area (Å²) in [6.45, 7) is 7.79. The minimum atomic E-state index is -0.425. The number of carbonyl (C=O) groups is 2. The molecule has 1 atom stereocenters. The molecular weight excluding hydrogens is 282 g/mol. The van der Waals surface area contributed by atoms with Gasteiger partial charge in [0, 0.05) is 26.2 Å². The van der Waals surface area contributed by atoms with Gasteiger partial charge in [0.1, 0.15) is 11.5 Å². The van der Waals surface area contributed by atoms with Crippen molar-refractivity contribution in [3.8, 4) is 0 Å². The molecule has 1 saturated heterocycles. The van der Waals surface area contributed by atoms with Crippen LogP contribution in [0.1, 0.15) is 41.6 Å². The van der Waals surface area contributed by atoms with Gasteiger partial charge in [0.15, 0.2) is 0 Å². The van der Waals surface area contributed by atoms with Crippen LogP contribution in [0, 0.1) is 13.8 Å². The van der Waals surface area contributed by atoms with E-state index in [2.05, 4.69) is 0 Å². The summed E-state index contributed by atoms with van der Waals surface area (Å²) < 4.78 is 5.42. The first kappa shape index (κ1) is 16.5. The average molecular weight is 307 g/mol. The maximum atomic E-state index is 12.5. The summed E-state index contributed by atoms with van der Waals surface area (Å²) in [5, 5.41) is 0. The van der Waals surface area contributed by atoms with E-state index in [1.54, 1.807) is 22.8 Å². The van der Waals surface area contributed by atoms with Gasteiger partial charge in [0.05, 0.1) is 11.6 Å². The van der Waals surface area contributed by atoms with Crippen molar-refractivity contribution in [2.75, 3.05) is 26.2 Å². The zero-order valence-corrected chi connectivity index (χ0v) is 13.6. The molecule has 1 unspecified atom stereocenters. The fourth-order valence-electron chi connectivity index (χ4n) is 2.81. The van der Waals surface area contributed by atoms with Gasteiger partial charge in [0.25, 0.3) is 5.91 Å². The fraction of sp³-hybridized carbons (Fsp3) is 0.625. The van der Waals surface area contributed by atoms with Gasteiger partial charge >= 0.3 is 0 Å². The first-order valence-corrected chi connectivity index (χ1v) is 7.84. The molecule has 1 aromatic rings. The molecule has 6 nitrogen and oxygen atoms in total. The molecule has 1 aromatic heterocycles. The Balaban J connectivity index is 1.93. The first-order chi connectivity index (χ1) is 10.4. The number of nitrogens with two attached hydrogens (primary N) is 1. The third-order valence-corrected chi connectivity index (χ3v) is 4.07. The Bertz CT molecular complexity index is 545. The van der Waals surface area contributed by atoms with E-state index in [1.165, 1.54) is 0 Å². The van der Waals surface area contributed by atoms with Crippen LogP contribution < -0.4 is 5.73 Å². The maximum Gasteiger partial charge on any atom is 0.257 e. The Morgan fingerprint density at radius 3 is 2.32 bits per heavy atom. The quantitative estimate of drug-likeness (QED) is 0.909. The van der Waals surface area contributed by atoms with Gasteiger partial charge in [-0.2, -0.15) is 0 Å². The number of hydrogen-bond acceptors (Lipinski definition) is 4. The topological polar surface area (TPSA) is 79.8 Å². The number of amides is 2. The SMILES string of the molecule is CCCC(N)C(=O)N1CCN(C(=O)c2cc(C)oc2C)CC1. The predicted octanol–water partition coefficient (Wildman–Crippen LogP) is 1.31. The molecular formula is C16H25N3O3. The largest absolute Gasteiger partial charge is 0.466 e. The van der Waals surface area contributed by atoms with E-state index in [-0.39, 0.29) is 11.8 Å². The van der Waals surface area contributed by atoms with Crippen molar-refractivity contribution in [1.29, 1.82) is 0 Å². The molecule has 1 fully saturated rings. The fourth-order valence-corrected chi connectivity index (χ4v) is 2.81. The van der Waals surface area contributed by atoms with Crippen molar-refractivity contribution in [1.82, 2.24) is 9.80 Å². The Labute approximate surface area is 131 Å². The molecule has 0 radical (unpaired) electrons. The van der Waals surface area contributed by atoms with Gasteiger partial charge in [-0.3, -0.25) is 9.59 Å². The molecule has 2 amide bonds. The number of piperazine rings is 1. The molecule has 2 N–H and O–H groups in total. The molecule has 0 aromatic carbocycles. The lowest BCUT2D eigenvalue weighted by atomic mass is 10.1. The zero-order valence-electron chi connectivity index (χ0n) is 13.6. The van der Waals surface area contributed by atoms with E-state index < -0.39 is 6.04 Å². The highest BCUT2D eigenvalue weighted by Crippen LogP contribution is 2.17. The predicted molar refractivity (Wildman–Crippen MR) is 83.5 cm³/mol. The lowest BCUT2D eigenvalue weighted by Gasteiger charge is -2.35. The smallest absolute Gasteiger partial charge is 0.257 e. The zero-order chi connectivity index (χ0) is 16.3. The second-order valence-corrected chi connectivity index (χ2v) is 5.84. The summed E-state index contributed by atoms with van der Waals surface area (Å²) in [7, 11) is 0. The first-order valence-electron chi connectivity index (χ1n) is 7.84. The second kappa shape index (κ2) is 6.96. The van der Waals surface area contributed by atoms with Crippen LogP contribution in [-0.2, 0) is 4.79 Å². The van der Waals surface area contributed by atoms with E-state index in [0.717, 1.165) is 12.2 Å². The Hall–Kier alpha value is -1.82. The third-order valence-electron chi connectivity index (χ3n) is 4.07. The summed E-state index contributed by atoms with van der Waals surface area (Å²) in [4.78, 5) is 28.2. The van der Waals surface area contributed by atoms with Gasteiger partial charge in [-0.1, -0.05) is 13.3 Å². The van der Waals surface area contributed by atoms with E-state index >= 15 is 0 Å². The molecule has 1 aliphatic heterocycles. The number of hydrogen-bond donors (Lipinski definition) is 1. The average Bonchev–Trinajstić information content (AvgIpc) is 2.85. The van der Waals surface area contributed by atoms with E-state index in [1.807, 2.05) is 13.8 Å². The van der Waals surface area contributed by atoms with Crippen LogP contribution in [0.25, 0.3) is 0 Å². The molecule has 122 valence electrons. The van der Waals surface area contributed by atoms with Crippen LogP contribution in [0.5, 0.6) is 0 Å². The van der Waals surface area contributed by atoms with E-state index in [0.29, 0.717) is 43.9 Å². The van der Waals surface area contributed by atoms with E-state index in [4.69, 9.17) is 10.2 Å². The third kappa shape index (κ3) is 3.50. The highest BCUT2D eigenvalue weighted by molar-refractivity contribution is 5.95. The maximum absolute atomic E-state index is 12.5. The normalized spacial score (nSPS) is 16.7. The van der Waals surface area contributed by atoms with E-state index in [9.17, 15) is 9.59 Å². The number of rotatable bonds is 4. The van der Waals surface area contributed by atoms with Crippen LogP contribution >= 0.6 is 0 Å². The van der Waals surface area contributed by atoms with Gasteiger partial charge in [0.2, 0.25) is 5.91 Å². The van der Waals surface area contributed by atoms with Crippen molar-refractivity contribution < 1.29 is 14.0 Å². The van der Waals surface area contributed by atoms with Gasteiger partial charge in [-0.05, 0) is 26.3 Å². The molecule has 1 aliphatic rings. The van der Waals surface area contributed by atoms with Crippen LogP contribution in [-0.4, -0.2) is 53.8 Å². The molecule has 0 bridgehead atoms. The molecule has 2 rings (SSSR count). The summed E-state index contributed by atoms with van der Waals surface area (Å²) in [6.07, 6.45) is 1.59. The standard InChI is InChI=1S/C16H25N3O3/c1-4-5-14(17)16(21)19-8-6-18(7-9-19)15(20)13-10-11(2)22-12(13)3/h10,14H,4-9,17H2,1-3H3. The molecule has 6 heteroatoms. The molecule has 22 heavy (non-hydrogen) atoms. The number of furan rings is 1. The van der Waals surface area contributed by atoms with Crippen LogP contribution in [0.3, 0.4) is 0 Å². The minimum Gasteiger partial charge on any atom is -0.466 e. The molecule has 0 spiro atoms. The van der Waals surface area contributed by atoms with Gasteiger partial charge < -0.3 is 20.0 Å². The van der Waals surface area contributed by atoms with Crippen LogP contribution in [0.2, 0.25) is 0 Å². The minimum absolute atomic E-state index is 0.00992. The lowest BCUT2D eigenvalue weighted by molar-refractivity contribution is -0.134. The van der Waals surface area contributed by atoms with Crippen LogP contribution in [0.4, 0.5) is 0 Å². The summed E-state index contributed by atoms with van der Waals surface area (Å²) in [5.74, 6) is 1.34. The monoisotopic (exact) mass is 307 g/mol. The highest BCUT2D eigenvalue weighted by Gasteiger charge is 2.28. The number of aryl methyl sites for hydroxylation is 2. The molecule has 0 saturated carbocycles. The Morgan fingerprint density at radius 2 is 1.82 bits per heavy atom. The van der Waals surface area contributed by atoms with Crippen molar-refractivity contribution in [3.63, 3.8) is 0 Å². The number of carbonyl (C=O) groups excluding carboxylic acids is 2. The number of nitrogens with zero attached hydrogens (tertiary/aromatic N) is 2. The summed E-state index contributed by atoms with van der Waals surface area (Å²) in [6, 6.07) is 1.35. The Kier molecular flexibility index (Phi) is 5.24. The van der Waals surface area contributed by atoms with Gasteiger partial charge in [-0.25, -0.2) is 0 Å². The van der Waals surface area contributed by atoms with Crippen molar-refractivity contribution >= 4 is 11.8 Å². The summed E-state index contributed by atoms with van der Waals surface area (Å²) >= 11 is 0. The Morgan fingerprint density at radius 1 is 1.23 bits per heavy atom. The van der Waals surface area contributed by atoms with Crippen molar-refractivity contribution in [2.45, 2.75) is 39.7 Å². The van der Waals surface area contributed by atoms with Crippen LogP contribution in [0.15, 0.2) is 10.5 Å². The molecule has 2 heterocycles. The van der Waals surface area contributed by atoms with Crippen molar-refractivity contribution in [3.05, 3.63) is 23.2 Å².